The highest BCUT2D eigenvalue weighted by atomic mass is 35.5. The van der Waals surface area contributed by atoms with Crippen molar-refractivity contribution < 1.29 is 14.3 Å². The maximum atomic E-state index is 13.0. The maximum absolute atomic E-state index is 13.0. The van der Waals surface area contributed by atoms with Crippen molar-refractivity contribution in [3.8, 4) is 0 Å². The molecule has 1 aromatic carbocycles. The Kier molecular flexibility index (Phi) is 5.69. The molecule has 1 amide bonds. The third-order valence-corrected chi connectivity index (χ3v) is 7.65. The first-order chi connectivity index (χ1) is 13.5. The minimum absolute atomic E-state index is 0.151. The second-order valence-corrected chi connectivity index (χ2v) is 9.50. The molecule has 1 aromatic rings. The predicted octanol–water partition coefficient (Wildman–Crippen LogP) is 4.64. The number of esters is 1. The summed E-state index contributed by atoms with van der Waals surface area (Å²) in [5, 5.41) is 3.73. The summed E-state index contributed by atoms with van der Waals surface area (Å²) >= 11 is 6.00. The number of carbonyl (C=O) groups excluding carboxylic acids is 2. The lowest BCUT2D eigenvalue weighted by Crippen LogP contribution is -2.43. The molecule has 3 aliphatic carbocycles. The summed E-state index contributed by atoms with van der Waals surface area (Å²) < 4.78 is 5.52. The fourth-order valence-electron chi connectivity index (χ4n) is 5.94. The van der Waals surface area contributed by atoms with E-state index in [0.29, 0.717) is 10.9 Å². The van der Waals surface area contributed by atoms with Crippen LogP contribution >= 0.6 is 11.6 Å². The summed E-state index contributed by atoms with van der Waals surface area (Å²) in [5.41, 5.74) is 0.302. The quantitative estimate of drug-likeness (QED) is 0.704. The fraction of sp³-hybridized carbons (Fsp3) is 0.652. The molecule has 1 N–H and O–H groups in total. The van der Waals surface area contributed by atoms with Gasteiger partial charge in [-0.05, 0) is 74.5 Å². The summed E-state index contributed by atoms with van der Waals surface area (Å²) in [7, 11) is 0. The lowest BCUT2D eigenvalue weighted by atomic mass is 9.79. The van der Waals surface area contributed by atoms with E-state index in [1.807, 2.05) is 24.3 Å². The van der Waals surface area contributed by atoms with Gasteiger partial charge < -0.3 is 10.1 Å². The van der Waals surface area contributed by atoms with E-state index in [-0.39, 0.29) is 24.5 Å². The molecule has 2 bridgehead atoms. The van der Waals surface area contributed by atoms with Crippen molar-refractivity contribution in [1.82, 2.24) is 5.32 Å². The molecule has 0 aliphatic heterocycles. The second-order valence-electron chi connectivity index (χ2n) is 9.07. The molecule has 0 saturated heterocycles. The molecular weight excluding hydrogens is 374 g/mol. The number of nitrogens with one attached hydrogen (secondary N) is 1. The molecule has 4 nitrogen and oxygen atoms in total. The van der Waals surface area contributed by atoms with E-state index in [1.165, 1.54) is 25.7 Å². The number of fused-ring (bicyclic) bond motifs is 2. The van der Waals surface area contributed by atoms with Crippen LogP contribution in [0.3, 0.4) is 0 Å². The van der Waals surface area contributed by atoms with Gasteiger partial charge in [-0.25, -0.2) is 0 Å². The Morgan fingerprint density at radius 2 is 1.89 bits per heavy atom. The van der Waals surface area contributed by atoms with Crippen LogP contribution in [0.2, 0.25) is 5.02 Å². The topological polar surface area (TPSA) is 55.4 Å². The van der Waals surface area contributed by atoms with Gasteiger partial charge in [0.2, 0.25) is 0 Å². The average Bonchev–Trinajstić information content (AvgIpc) is 3.43. The Hall–Kier alpha value is -1.55. The fourth-order valence-corrected chi connectivity index (χ4v) is 6.06. The Morgan fingerprint density at radius 1 is 1.18 bits per heavy atom. The number of carbonyl (C=O) groups is 2. The highest BCUT2D eigenvalue weighted by molar-refractivity contribution is 6.30. The number of hydrogen-bond acceptors (Lipinski definition) is 3. The summed E-state index contributed by atoms with van der Waals surface area (Å²) in [6.07, 6.45) is 8.71. The Balaban J connectivity index is 1.33. The monoisotopic (exact) mass is 403 g/mol. The molecule has 3 fully saturated rings. The molecule has 0 aromatic heterocycles. The Labute approximate surface area is 172 Å². The van der Waals surface area contributed by atoms with Crippen LogP contribution in [0.1, 0.15) is 63.9 Å². The molecule has 152 valence electrons. The van der Waals surface area contributed by atoms with Crippen molar-refractivity contribution in [2.24, 2.45) is 17.8 Å². The van der Waals surface area contributed by atoms with Crippen molar-refractivity contribution >= 4 is 23.5 Å². The second kappa shape index (κ2) is 8.06. The van der Waals surface area contributed by atoms with E-state index in [0.717, 1.165) is 43.1 Å². The lowest BCUT2D eigenvalue weighted by molar-refractivity contribution is -0.154. The van der Waals surface area contributed by atoms with E-state index < -0.39 is 5.41 Å². The molecule has 0 spiro atoms. The number of amides is 1. The molecule has 0 radical (unpaired) electrons. The van der Waals surface area contributed by atoms with Gasteiger partial charge in [-0.2, -0.15) is 0 Å². The van der Waals surface area contributed by atoms with Gasteiger partial charge in [-0.3, -0.25) is 9.59 Å². The van der Waals surface area contributed by atoms with Crippen LogP contribution in [-0.2, 0) is 19.7 Å². The van der Waals surface area contributed by atoms with E-state index in [9.17, 15) is 9.59 Å². The molecule has 5 heteroatoms. The molecule has 4 rings (SSSR count). The predicted molar refractivity (Wildman–Crippen MR) is 109 cm³/mol. The normalized spacial score (nSPS) is 28.9. The molecule has 3 saturated carbocycles. The highest BCUT2D eigenvalue weighted by Gasteiger charge is 2.45. The lowest BCUT2D eigenvalue weighted by Gasteiger charge is -2.29. The van der Waals surface area contributed by atoms with E-state index in [2.05, 4.69) is 12.2 Å². The molecule has 0 unspecified atom stereocenters. The Morgan fingerprint density at radius 3 is 2.50 bits per heavy atom. The van der Waals surface area contributed by atoms with Gasteiger partial charge in [0.05, 0.1) is 5.41 Å². The number of ether oxygens (including phenoxy) is 1. The Bertz CT molecular complexity index is 726. The molecule has 4 atom stereocenters. The molecular formula is C23H30ClNO3. The van der Waals surface area contributed by atoms with Gasteiger partial charge in [0.15, 0.2) is 6.61 Å². The highest BCUT2D eigenvalue weighted by Crippen LogP contribution is 2.49. The first kappa shape index (κ1) is 19.8. The van der Waals surface area contributed by atoms with Crippen molar-refractivity contribution in [2.45, 2.75) is 69.7 Å². The van der Waals surface area contributed by atoms with Crippen LogP contribution in [-0.4, -0.2) is 24.5 Å². The van der Waals surface area contributed by atoms with Crippen LogP contribution in [0, 0.1) is 17.8 Å². The van der Waals surface area contributed by atoms with Crippen LogP contribution in [0.5, 0.6) is 0 Å². The number of benzene rings is 1. The van der Waals surface area contributed by atoms with Crippen LogP contribution in [0.25, 0.3) is 0 Å². The van der Waals surface area contributed by atoms with Crippen molar-refractivity contribution in [2.75, 3.05) is 6.61 Å². The SMILES string of the molecule is C[C@@H](NC(=O)COC(=O)C1(c2ccc(Cl)cc2)CCCC1)[C@H]1C[C@@H]2CC[C@@H]1C2. The number of rotatable bonds is 6. The summed E-state index contributed by atoms with van der Waals surface area (Å²) in [4.78, 5) is 25.4. The first-order valence-corrected chi connectivity index (χ1v) is 11.1. The van der Waals surface area contributed by atoms with Gasteiger partial charge in [-0.15, -0.1) is 0 Å². The molecule has 3 aliphatic rings. The van der Waals surface area contributed by atoms with Crippen LogP contribution in [0.4, 0.5) is 0 Å². The molecule has 28 heavy (non-hydrogen) atoms. The van der Waals surface area contributed by atoms with E-state index in [4.69, 9.17) is 16.3 Å². The zero-order valence-electron chi connectivity index (χ0n) is 16.6. The summed E-state index contributed by atoms with van der Waals surface area (Å²) in [6.45, 7) is 1.90. The van der Waals surface area contributed by atoms with Crippen LogP contribution < -0.4 is 5.32 Å². The third-order valence-electron chi connectivity index (χ3n) is 7.40. The zero-order chi connectivity index (χ0) is 19.7. The minimum atomic E-state index is -0.638. The first-order valence-electron chi connectivity index (χ1n) is 10.7. The van der Waals surface area contributed by atoms with Crippen LogP contribution in [0.15, 0.2) is 24.3 Å². The summed E-state index contributed by atoms with van der Waals surface area (Å²) in [6, 6.07) is 7.60. The number of hydrogen-bond donors (Lipinski definition) is 1. The third kappa shape index (κ3) is 3.80. The largest absolute Gasteiger partial charge is 0.455 e. The average molecular weight is 404 g/mol. The standard InChI is InChI=1S/C23H30ClNO3/c1-15(20-13-16-4-5-17(20)12-16)25-21(26)14-28-22(27)23(10-2-3-11-23)18-6-8-19(24)9-7-18/h6-9,15-17,20H,2-5,10-14H2,1H3,(H,25,26)/t15-,16-,17-,20-/m1/s1. The minimum Gasteiger partial charge on any atom is -0.455 e. The number of halogens is 1. The van der Waals surface area contributed by atoms with Crippen molar-refractivity contribution in [3.05, 3.63) is 34.9 Å². The zero-order valence-corrected chi connectivity index (χ0v) is 17.3. The van der Waals surface area contributed by atoms with Gasteiger partial charge >= 0.3 is 5.97 Å². The van der Waals surface area contributed by atoms with Crippen molar-refractivity contribution in [3.63, 3.8) is 0 Å². The van der Waals surface area contributed by atoms with E-state index in [1.54, 1.807) is 0 Å². The summed E-state index contributed by atoms with van der Waals surface area (Å²) in [5.74, 6) is 1.72. The van der Waals surface area contributed by atoms with Gasteiger partial charge in [0, 0.05) is 11.1 Å². The molecule has 0 heterocycles. The van der Waals surface area contributed by atoms with Gasteiger partial charge in [-0.1, -0.05) is 43.0 Å². The van der Waals surface area contributed by atoms with Crippen molar-refractivity contribution in [1.29, 1.82) is 0 Å². The smallest absolute Gasteiger partial charge is 0.317 e. The van der Waals surface area contributed by atoms with Gasteiger partial charge in [0.25, 0.3) is 5.91 Å². The maximum Gasteiger partial charge on any atom is 0.317 e. The van der Waals surface area contributed by atoms with Gasteiger partial charge in [0.1, 0.15) is 0 Å². The van der Waals surface area contributed by atoms with E-state index >= 15 is 0 Å².